The zero-order valence-electron chi connectivity index (χ0n) is 7.18. The summed E-state index contributed by atoms with van der Waals surface area (Å²) < 4.78 is 5.47. The summed E-state index contributed by atoms with van der Waals surface area (Å²) >= 11 is 0. The average molecular weight is 161 g/mol. The van der Waals surface area contributed by atoms with Crippen LogP contribution in [0.3, 0.4) is 0 Å². The first-order chi connectivity index (χ1) is 5.92. The topological polar surface area (TPSA) is 9.23 Å². The van der Waals surface area contributed by atoms with E-state index in [-0.39, 0.29) is 0 Å². The van der Waals surface area contributed by atoms with Crippen molar-refractivity contribution in [2.45, 2.75) is 19.3 Å². The lowest BCUT2D eigenvalue weighted by molar-refractivity contribution is 0.357. The molecule has 0 saturated heterocycles. The molecule has 1 aromatic carbocycles. The second-order valence-corrected chi connectivity index (χ2v) is 3.10. The van der Waals surface area contributed by atoms with Crippen molar-refractivity contribution in [2.24, 2.45) is 0 Å². The van der Waals surface area contributed by atoms with Crippen molar-refractivity contribution in [3.63, 3.8) is 0 Å². The van der Waals surface area contributed by atoms with Crippen molar-refractivity contribution in [2.75, 3.05) is 6.61 Å². The molecule has 2 rings (SSSR count). The first kappa shape index (κ1) is 7.66. The fraction of sp³-hybridized carbons (Fsp3) is 0.364. The van der Waals surface area contributed by atoms with Crippen molar-refractivity contribution in [3.8, 4) is 5.75 Å². The van der Waals surface area contributed by atoms with Crippen LogP contribution in [-0.4, -0.2) is 6.61 Å². The molecule has 0 spiro atoms. The molecule has 0 aliphatic carbocycles. The maximum absolute atomic E-state index is 5.47. The van der Waals surface area contributed by atoms with E-state index in [1.807, 2.05) is 0 Å². The van der Waals surface area contributed by atoms with Gasteiger partial charge < -0.3 is 4.74 Å². The zero-order chi connectivity index (χ0) is 8.39. The molecule has 1 aliphatic rings. The molecule has 0 aromatic heterocycles. The quantitative estimate of drug-likeness (QED) is 0.647. The van der Waals surface area contributed by atoms with Gasteiger partial charge in [0.1, 0.15) is 5.75 Å². The number of ether oxygens (including phenoxy) is 1. The van der Waals surface area contributed by atoms with Crippen LogP contribution in [0, 0.1) is 6.92 Å². The van der Waals surface area contributed by atoms with E-state index in [0.29, 0.717) is 0 Å². The highest BCUT2D eigenvalue weighted by molar-refractivity contribution is 5.42. The maximum atomic E-state index is 5.47. The van der Waals surface area contributed by atoms with Gasteiger partial charge in [0, 0.05) is 12.0 Å². The van der Waals surface area contributed by atoms with Crippen molar-refractivity contribution < 1.29 is 4.74 Å². The summed E-state index contributed by atoms with van der Waals surface area (Å²) in [4.78, 5) is 0. The second-order valence-electron chi connectivity index (χ2n) is 3.10. The van der Waals surface area contributed by atoms with Gasteiger partial charge in [-0.05, 0) is 24.5 Å². The monoisotopic (exact) mass is 161 g/mol. The molecule has 0 saturated carbocycles. The Labute approximate surface area is 73.4 Å². The van der Waals surface area contributed by atoms with Crippen LogP contribution in [0.1, 0.15) is 17.5 Å². The number of hydrogen-bond donors (Lipinski definition) is 0. The molecular formula is C11H13O. The molecule has 1 heterocycles. The fourth-order valence-electron chi connectivity index (χ4n) is 1.72. The van der Waals surface area contributed by atoms with Crippen LogP contribution >= 0.6 is 0 Å². The number of hydrogen-bond acceptors (Lipinski definition) is 1. The van der Waals surface area contributed by atoms with E-state index in [1.54, 1.807) is 0 Å². The van der Waals surface area contributed by atoms with Crippen molar-refractivity contribution >= 4 is 0 Å². The molecule has 1 heteroatoms. The van der Waals surface area contributed by atoms with Crippen LogP contribution in [0.15, 0.2) is 18.2 Å². The number of benzene rings is 1. The third-order valence-electron chi connectivity index (χ3n) is 2.29. The van der Waals surface area contributed by atoms with E-state index in [9.17, 15) is 0 Å². The van der Waals surface area contributed by atoms with Gasteiger partial charge in [0.05, 0.1) is 6.61 Å². The van der Waals surface area contributed by atoms with Crippen LogP contribution < -0.4 is 4.74 Å². The molecule has 63 valence electrons. The van der Waals surface area contributed by atoms with Crippen LogP contribution in [0.4, 0.5) is 0 Å². The van der Waals surface area contributed by atoms with E-state index in [2.05, 4.69) is 25.1 Å². The van der Waals surface area contributed by atoms with Gasteiger partial charge in [-0.3, -0.25) is 0 Å². The van der Waals surface area contributed by atoms with Gasteiger partial charge in [0.15, 0.2) is 0 Å². The molecule has 0 bridgehead atoms. The normalized spacial score (nSPS) is 14.1. The Kier molecular flexibility index (Phi) is 2.03. The lowest BCUT2D eigenvalue weighted by atomic mass is 10.0. The minimum atomic E-state index is 0.851. The van der Waals surface area contributed by atoms with Gasteiger partial charge in [-0.25, -0.2) is 0 Å². The first-order valence-corrected chi connectivity index (χ1v) is 4.44. The van der Waals surface area contributed by atoms with Gasteiger partial charge in [-0.15, -0.1) is 0 Å². The van der Waals surface area contributed by atoms with Gasteiger partial charge in [0.25, 0.3) is 0 Å². The van der Waals surface area contributed by atoms with Crippen LogP contribution in [-0.2, 0) is 12.8 Å². The maximum Gasteiger partial charge on any atom is 0.122 e. The molecule has 1 radical (unpaired) electrons. The molecule has 0 N–H and O–H groups in total. The van der Waals surface area contributed by atoms with Gasteiger partial charge in [-0.1, -0.05) is 19.1 Å². The third kappa shape index (κ3) is 1.20. The van der Waals surface area contributed by atoms with E-state index in [4.69, 9.17) is 4.74 Å². The summed E-state index contributed by atoms with van der Waals surface area (Å²) in [7, 11) is 0. The molecule has 0 fully saturated rings. The Morgan fingerprint density at radius 2 is 2.33 bits per heavy atom. The minimum absolute atomic E-state index is 0.851. The van der Waals surface area contributed by atoms with E-state index >= 15 is 0 Å². The summed E-state index contributed by atoms with van der Waals surface area (Å²) in [6, 6.07) is 6.29. The molecule has 1 nitrogen and oxygen atoms in total. The van der Waals surface area contributed by atoms with Gasteiger partial charge >= 0.3 is 0 Å². The van der Waals surface area contributed by atoms with Crippen molar-refractivity contribution in [1.82, 2.24) is 0 Å². The fourth-order valence-corrected chi connectivity index (χ4v) is 1.72. The van der Waals surface area contributed by atoms with E-state index in [1.165, 1.54) is 11.1 Å². The molecule has 0 atom stereocenters. The second kappa shape index (κ2) is 3.18. The van der Waals surface area contributed by atoms with Crippen LogP contribution in [0.25, 0.3) is 0 Å². The van der Waals surface area contributed by atoms with Gasteiger partial charge in [0.2, 0.25) is 0 Å². The molecule has 1 aliphatic heterocycles. The zero-order valence-corrected chi connectivity index (χ0v) is 7.18. The lowest BCUT2D eigenvalue weighted by Crippen LogP contribution is -1.90. The lowest BCUT2D eigenvalue weighted by Gasteiger charge is -2.04. The molecule has 0 unspecified atom stereocenters. The van der Waals surface area contributed by atoms with Crippen molar-refractivity contribution in [3.05, 3.63) is 36.2 Å². The number of fused-ring (bicyclic) bond motifs is 1. The number of aryl methyl sites for hydroxylation is 1. The predicted molar refractivity (Wildman–Crippen MR) is 49.3 cm³/mol. The van der Waals surface area contributed by atoms with Gasteiger partial charge in [-0.2, -0.15) is 0 Å². The van der Waals surface area contributed by atoms with E-state index in [0.717, 1.165) is 31.6 Å². The Morgan fingerprint density at radius 1 is 1.42 bits per heavy atom. The van der Waals surface area contributed by atoms with E-state index < -0.39 is 0 Å². The van der Waals surface area contributed by atoms with Crippen LogP contribution in [0.2, 0.25) is 0 Å². The average Bonchev–Trinajstić information content (AvgIpc) is 2.53. The largest absolute Gasteiger partial charge is 0.493 e. The number of rotatable bonds is 2. The predicted octanol–water partition coefficient (Wildman–Crippen LogP) is 2.39. The highest BCUT2D eigenvalue weighted by atomic mass is 16.5. The summed E-state index contributed by atoms with van der Waals surface area (Å²) in [5.74, 6) is 1.08. The summed E-state index contributed by atoms with van der Waals surface area (Å²) in [5.41, 5.74) is 2.82. The Bertz CT molecular complexity index is 278. The molecular weight excluding hydrogens is 148 g/mol. The third-order valence-corrected chi connectivity index (χ3v) is 2.29. The SMILES string of the molecule is [CH2]CCc1cccc2c1CCO2. The molecule has 0 amide bonds. The summed E-state index contributed by atoms with van der Waals surface area (Å²) in [6.45, 7) is 4.72. The first-order valence-electron chi connectivity index (χ1n) is 4.44. The Balaban J connectivity index is 2.36. The van der Waals surface area contributed by atoms with Crippen LogP contribution in [0.5, 0.6) is 5.75 Å². The minimum Gasteiger partial charge on any atom is -0.493 e. The summed E-state index contributed by atoms with van der Waals surface area (Å²) in [5, 5.41) is 0. The summed E-state index contributed by atoms with van der Waals surface area (Å²) in [6.07, 6.45) is 3.12. The highest BCUT2D eigenvalue weighted by Crippen LogP contribution is 2.28. The highest BCUT2D eigenvalue weighted by Gasteiger charge is 2.14. The standard InChI is InChI=1S/C11H13O/c1-2-4-9-5-3-6-11-10(9)7-8-12-11/h3,5-6H,1-2,4,7-8H2. The Morgan fingerprint density at radius 3 is 3.17 bits per heavy atom. The molecule has 1 aromatic rings. The smallest absolute Gasteiger partial charge is 0.122 e. The Hall–Kier alpha value is -0.980. The molecule has 12 heavy (non-hydrogen) atoms. The van der Waals surface area contributed by atoms with Crippen molar-refractivity contribution in [1.29, 1.82) is 0 Å².